The van der Waals surface area contributed by atoms with E-state index in [-0.39, 0.29) is 6.03 Å². The molecular weight excluding hydrogens is 492 g/mol. The number of aliphatic carboxylic acids is 1. The molecular formula is C25H26N8O3S. The topological polar surface area (TPSA) is 146 Å². The Hall–Kier alpha value is -4.19. The summed E-state index contributed by atoms with van der Waals surface area (Å²) < 4.78 is 0.807. The van der Waals surface area contributed by atoms with Crippen LogP contribution >= 0.6 is 11.3 Å². The van der Waals surface area contributed by atoms with Crippen molar-refractivity contribution < 1.29 is 14.7 Å². The number of carbonyl (C=O) groups excluding carboxylic acids is 1. The van der Waals surface area contributed by atoms with Crippen molar-refractivity contribution in [1.29, 1.82) is 0 Å². The second-order valence-corrected chi connectivity index (χ2v) is 10.0. The van der Waals surface area contributed by atoms with Crippen LogP contribution in [0.25, 0.3) is 32.9 Å². The number of carboxylic acid groups (broad SMARTS) is 1. The van der Waals surface area contributed by atoms with Gasteiger partial charge in [-0.05, 0) is 44.9 Å². The third-order valence-electron chi connectivity index (χ3n) is 6.44. The van der Waals surface area contributed by atoms with Gasteiger partial charge in [0, 0.05) is 43.8 Å². The van der Waals surface area contributed by atoms with Gasteiger partial charge >= 0.3 is 12.0 Å². The van der Waals surface area contributed by atoms with E-state index >= 15 is 0 Å². The summed E-state index contributed by atoms with van der Waals surface area (Å²) in [6.07, 6.45) is 6.20. The molecule has 5 rings (SSSR count). The molecule has 0 atom stereocenters. The van der Waals surface area contributed by atoms with E-state index in [2.05, 4.69) is 30.6 Å². The van der Waals surface area contributed by atoms with Gasteiger partial charge in [-0.25, -0.2) is 24.7 Å². The number of carboxylic acids is 1. The van der Waals surface area contributed by atoms with E-state index in [1.807, 2.05) is 36.1 Å². The minimum atomic E-state index is -0.764. The molecule has 0 unspecified atom stereocenters. The van der Waals surface area contributed by atoms with Crippen molar-refractivity contribution in [3.8, 4) is 22.6 Å². The molecule has 3 N–H and O–H groups in total. The van der Waals surface area contributed by atoms with Gasteiger partial charge in [-0.2, -0.15) is 0 Å². The lowest BCUT2D eigenvalue weighted by Gasteiger charge is -2.36. The standard InChI is InChI=1S/C25H26N8O3S/c1-3-26-23(36)32-24-31-18-12-17(30-19(20(18)37-24)16-6-4-5-9-27-16)15-13-28-22(29-14-15)33-10-7-25(2,8-11-33)21(34)35/h4-6,9,12-14H,3,7-8,10-11H2,1-2H3,(H,34,35)(H2,26,31,32,36). The fourth-order valence-electron chi connectivity index (χ4n) is 4.14. The number of thiazole rings is 1. The van der Waals surface area contributed by atoms with Crippen LogP contribution < -0.4 is 15.5 Å². The number of carbonyl (C=O) groups is 2. The predicted molar refractivity (Wildman–Crippen MR) is 142 cm³/mol. The molecule has 2 amide bonds. The largest absolute Gasteiger partial charge is 0.481 e. The van der Waals surface area contributed by atoms with Crippen LogP contribution in [0.2, 0.25) is 0 Å². The summed E-state index contributed by atoms with van der Waals surface area (Å²) in [5.41, 5.74) is 2.65. The summed E-state index contributed by atoms with van der Waals surface area (Å²) in [5.74, 6) is -0.204. The fraction of sp³-hybridized carbons (Fsp3) is 0.320. The number of pyridine rings is 2. The normalized spacial score (nSPS) is 14.9. The molecule has 0 radical (unpaired) electrons. The van der Waals surface area contributed by atoms with Crippen LogP contribution in [-0.2, 0) is 4.79 Å². The van der Waals surface area contributed by atoms with Crippen LogP contribution in [-0.4, -0.2) is 61.7 Å². The number of nitrogens with zero attached hydrogens (tertiary/aromatic N) is 6. The van der Waals surface area contributed by atoms with E-state index in [0.29, 0.717) is 71.7 Å². The molecule has 37 heavy (non-hydrogen) atoms. The Morgan fingerprint density at radius 3 is 2.51 bits per heavy atom. The summed E-state index contributed by atoms with van der Waals surface area (Å²) >= 11 is 1.33. The van der Waals surface area contributed by atoms with Gasteiger partial charge in [0.05, 0.1) is 27.0 Å². The minimum Gasteiger partial charge on any atom is -0.481 e. The molecule has 1 saturated heterocycles. The van der Waals surface area contributed by atoms with E-state index < -0.39 is 11.4 Å². The van der Waals surface area contributed by atoms with Crippen molar-refractivity contribution in [2.45, 2.75) is 26.7 Å². The third kappa shape index (κ3) is 5.05. The monoisotopic (exact) mass is 518 g/mol. The number of nitrogens with one attached hydrogen (secondary N) is 2. The Morgan fingerprint density at radius 2 is 1.86 bits per heavy atom. The number of amides is 2. The van der Waals surface area contributed by atoms with Gasteiger partial charge in [-0.3, -0.25) is 15.1 Å². The van der Waals surface area contributed by atoms with Gasteiger partial charge in [0.2, 0.25) is 5.95 Å². The lowest BCUT2D eigenvalue weighted by Crippen LogP contribution is -2.43. The highest BCUT2D eigenvalue weighted by Crippen LogP contribution is 2.36. The number of fused-ring (bicyclic) bond motifs is 1. The zero-order valence-electron chi connectivity index (χ0n) is 20.4. The molecule has 190 valence electrons. The van der Waals surface area contributed by atoms with Crippen LogP contribution in [0.4, 0.5) is 15.9 Å². The first-order valence-electron chi connectivity index (χ1n) is 11.9. The maximum absolute atomic E-state index is 12.0. The maximum atomic E-state index is 12.0. The number of hydrogen-bond donors (Lipinski definition) is 3. The third-order valence-corrected chi connectivity index (χ3v) is 7.43. The number of urea groups is 1. The van der Waals surface area contributed by atoms with Gasteiger partial charge < -0.3 is 15.3 Å². The van der Waals surface area contributed by atoms with E-state index in [1.165, 1.54) is 11.3 Å². The highest BCUT2D eigenvalue weighted by Gasteiger charge is 2.37. The molecule has 5 heterocycles. The highest BCUT2D eigenvalue weighted by atomic mass is 32.1. The molecule has 0 bridgehead atoms. The molecule has 1 aliphatic heterocycles. The Bertz CT molecular complexity index is 1430. The number of rotatable bonds is 6. The summed E-state index contributed by atoms with van der Waals surface area (Å²) in [7, 11) is 0. The van der Waals surface area contributed by atoms with Gasteiger partial charge in [-0.1, -0.05) is 17.4 Å². The second-order valence-electron chi connectivity index (χ2n) is 9.05. The lowest BCUT2D eigenvalue weighted by atomic mass is 9.80. The van der Waals surface area contributed by atoms with E-state index in [4.69, 9.17) is 4.98 Å². The smallest absolute Gasteiger partial charge is 0.321 e. The highest BCUT2D eigenvalue weighted by molar-refractivity contribution is 7.22. The van der Waals surface area contributed by atoms with Crippen LogP contribution in [0.1, 0.15) is 26.7 Å². The molecule has 0 saturated carbocycles. The molecule has 0 spiro atoms. The molecule has 0 aromatic carbocycles. The zero-order chi connectivity index (χ0) is 26.0. The van der Waals surface area contributed by atoms with Crippen molar-refractivity contribution in [2.24, 2.45) is 5.41 Å². The molecule has 4 aromatic heterocycles. The van der Waals surface area contributed by atoms with Crippen LogP contribution in [0.5, 0.6) is 0 Å². The maximum Gasteiger partial charge on any atom is 0.321 e. The van der Waals surface area contributed by atoms with Gasteiger partial charge in [0.1, 0.15) is 5.69 Å². The first-order valence-corrected chi connectivity index (χ1v) is 12.8. The number of hydrogen-bond acceptors (Lipinski definition) is 9. The Balaban J connectivity index is 1.46. The Labute approximate surface area is 217 Å². The first kappa shape index (κ1) is 24.5. The molecule has 4 aromatic rings. The average molecular weight is 519 g/mol. The van der Waals surface area contributed by atoms with Crippen LogP contribution in [0.15, 0.2) is 42.9 Å². The van der Waals surface area contributed by atoms with Crippen LogP contribution in [0.3, 0.4) is 0 Å². The number of anilines is 2. The first-order chi connectivity index (χ1) is 17.9. The SMILES string of the molecule is CCNC(=O)Nc1nc2cc(-c3cnc(N4CCC(C)(C(=O)O)CC4)nc3)nc(-c3ccccn3)c2s1. The van der Waals surface area contributed by atoms with E-state index in [1.54, 1.807) is 25.5 Å². The van der Waals surface area contributed by atoms with Crippen molar-refractivity contribution in [3.05, 3.63) is 42.9 Å². The van der Waals surface area contributed by atoms with E-state index in [0.717, 1.165) is 4.70 Å². The van der Waals surface area contributed by atoms with Crippen molar-refractivity contribution in [3.63, 3.8) is 0 Å². The van der Waals surface area contributed by atoms with Crippen LogP contribution in [0, 0.1) is 5.41 Å². The predicted octanol–water partition coefficient (Wildman–Crippen LogP) is 4.04. The number of aromatic nitrogens is 5. The Morgan fingerprint density at radius 1 is 1.11 bits per heavy atom. The van der Waals surface area contributed by atoms with Gasteiger partial charge in [-0.15, -0.1) is 0 Å². The molecule has 1 aliphatic rings. The van der Waals surface area contributed by atoms with E-state index in [9.17, 15) is 14.7 Å². The summed E-state index contributed by atoms with van der Waals surface area (Å²) in [6.45, 7) is 5.30. The van der Waals surface area contributed by atoms with Crippen molar-refractivity contribution in [2.75, 3.05) is 29.9 Å². The minimum absolute atomic E-state index is 0.320. The fourth-order valence-corrected chi connectivity index (χ4v) is 5.08. The Kier molecular flexibility index (Phi) is 6.66. The molecule has 11 nitrogen and oxygen atoms in total. The lowest BCUT2D eigenvalue weighted by molar-refractivity contribution is -0.149. The zero-order valence-corrected chi connectivity index (χ0v) is 21.2. The average Bonchev–Trinajstić information content (AvgIpc) is 3.31. The quantitative estimate of drug-likeness (QED) is 0.344. The second kappa shape index (κ2) is 10.1. The molecule has 1 fully saturated rings. The summed E-state index contributed by atoms with van der Waals surface area (Å²) in [5, 5.41) is 15.4. The van der Waals surface area contributed by atoms with Gasteiger partial charge in [0.15, 0.2) is 5.13 Å². The van der Waals surface area contributed by atoms with Gasteiger partial charge in [0.25, 0.3) is 0 Å². The van der Waals surface area contributed by atoms with Crippen molar-refractivity contribution in [1.82, 2.24) is 30.2 Å². The molecule has 12 heteroatoms. The summed E-state index contributed by atoms with van der Waals surface area (Å²) in [4.78, 5) is 48.6. The van der Waals surface area contributed by atoms with Crippen molar-refractivity contribution >= 4 is 44.6 Å². The summed E-state index contributed by atoms with van der Waals surface area (Å²) in [6, 6.07) is 7.13. The number of piperidine rings is 1. The molecule has 0 aliphatic carbocycles.